The summed E-state index contributed by atoms with van der Waals surface area (Å²) in [4.78, 5) is 8.74. The van der Waals surface area contributed by atoms with Crippen LogP contribution in [0, 0.1) is 0 Å². The highest BCUT2D eigenvalue weighted by molar-refractivity contribution is 9.10. The molecule has 2 aromatic heterocycles. The van der Waals surface area contributed by atoms with Crippen molar-refractivity contribution in [2.45, 2.75) is 25.9 Å². The standard InChI is InChI=1S/C16H17BrN4/c1-16(2,13-6-3-4-7-14(13)17)19-10-12-11-21-9-5-8-18-15(21)20-12/h3-9,11,19H,10H2,1-2H3. The maximum absolute atomic E-state index is 4.51. The first-order valence-corrected chi connectivity index (χ1v) is 7.64. The average molecular weight is 345 g/mol. The molecule has 0 aliphatic carbocycles. The third-order valence-electron chi connectivity index (χ3n) is 3.54. The minimum absolute atomic E-state index is 0.149. The van der Waals surface area contributed by atoms with Gasteiger partial charge < -0.3 is 5.32 Å². The number of hydrogen-bond acceptors (Lipinski definition) is 3. The van der Waals surface area contributed by atoms with Crippen LogP contribution in [0.25, 0.3) is 5.78 Å². The molecule has 5 heteroatoms. The average Bonchev–Trinajstić information content (AvgIpc) is 2.88. The van der Waals surface area contributed by atoms with Gasteiger partial charge in [0.25, 0.3) is 0 Å². The zero-order chi connectivity index (χ0) is 14.9. The zero-order valence-electron chi connectivity index (χ0n) is 12.0. The number of halogens is 1. The summed E-state index contributed by atoms with van der Waals surface area (Å²) in [7, 11) is 0. The van der Waals surface area contributed by atoms with E-state index in [0.717, 1.165) is 15.9 Å². The van der Waals surface area contributed by atoms with Gasteiger partial charge >= 0.3 is 0 Å². The van der Waals surface area contributed by atoms with Crippen LogP contribution in [0.3, 0.4) is 0 Å². The van der Waals surface area contributed by atoms with Crippen molar-refractivity contribution in [2.75, 3.05) is 0 Å². The lowest BCUT2D eigenvalue weighted by molar-refractivity contribution is 0.397. The predicted molar refractivity (Wildman–Crippen MR) is 87.0 cm³/mol. The van der Waals surface area contributed by atoms with Crippen LogP contribution in [0.15, 0.2) is 53.4 Å². The number of nitrogens with zero attached hydrogens (tertiary/aromatic N) is 3. The molecule has 0 radical (unpaired) electrons. The molecule has 0 bridgehead atoms. The molecule has 0 amide bonds. The van der Waals surface area contributed by atoms with Gasteiger partial charge in [-0.25, -0.2) is 9.97 Å². The van der Waals surface area contributed by atoms with Crippen molar-refractivity contribution in [3.8, 4) is 0 Å². The zero-order valence-corrected chi connectivity index (χ0v) is 13.6. The van der Waals surface area contributed by atoms with Crippen molar-refractivity contribution >= 4 is 21.7 Å². The van der Waals surface area contributed by atoms with Crippen LogP contribution in [0.5, 0.6) is 0 Å². The van der Waals surface area contributed by atoms with Crippen LogP contribution >= 0.6 is 15.9 Å². The summed E-state index contributed by atoms with van der Waals surface area (Å²) in [5.41, 5.74) is 2.06. The summed E-state index contributed by atoms with van der Waals surface area (Å²) >= 11 is 3.62. The molecule has 0 saturated carbocycles. The Hall–Kier alpha value is -1.72. The number of aromatic nitrogens is 3. The number of nitrogens with one attached hydrogen (secondary N) is 1. The summed E-state index contributed by atoms with van der Waals surface area (Å²) in [5.74, 6) is 0.730. The lowest BCUT2D eigenvalue weighted by Gasteiger charge is -2.27. The highest BCUT2D eigenvalue weighted by atomic mass is 79.9. The Labute approximate surface area is 132 Å². The molecule has 0 aliphatic heterocycles. The van der Waals surface area contributed by atoms with E-state index in [1.165, 1.54) is 5.56 Å². The lowest BCUT2D eigenvalue weighted by atomic mass is 9.94. The van der Waals surface area contributed by atoms with Crippen LogP contribution in [-0.2, 0) is 12.1 Å². The fourth-order valence-electron chi connectivity index (χ4n) is 2.34. The van der Waals surface area contributed by atoms with Crippen LogP contribution in [0.1, 0.15) is 25.1 Å². The number of hydrogen-bond donors (Lipinski definition) is 1. The summed E-state index contributed by atoms with van der Waals surface area (Å²) in [6.07, 6.45) is 5.72. The number of imidazole rings is 1. The van der Waals surface area contributed by atoms with Crippen LogP contribution in [-0.4, -0.2) is 14.4 Å². The Balaban J connectivity index is 1.78. The molecular formula is C16H17BrN4. The van der Waals surface area contributed by atoms with E-state index in [1.807, 2.05) is 28.9 Å². The van der Waals surface area contributed by atoms with Gasteiger partial charge in [0.1, 0.15) is 0 Å². The first-order chi connectivity index (χ1) is 10.1. The first kappa shape index (κ1) is 14.2. The molecule has 0 saturated heterocycles. The topological polar surface area (TPSA) is 42.2 Å². The second-order valence-electron chi connectivity index (χ2n) is 5.52. The van der Waals surface area contributed by atoms with E-state index in [2.05, 4.69) is 63.3 Å². The fourth-order valence-corrected chi connectivity index (χ4v) is 3.12. The fraction of sp³-hybridized carbons (Fsp3) is 0.250. The molecule has 0 atom stereocenters. The minimum Gasteiger partial charge on any atom is -0.302 e. The normalized spacial score (nSPS) is 12.0. The SMILES string of the molecule is CC(C)(NCc1cn2cccnc2n1)c1ccccc1Br. The molecule has 0 unspecified atom stereocenters. The molecule has 0 fully saturated rings. The molecule has 2 heterocycles. The molecule has 3 rings (SSSR count). The molecule has 3 aromatic rings. The maximum Gasteiger partial charge on any atom is 0.233 e. The van der Waals surface area contributed by atoms with E-state index in [0.29, 0.717) is 6.54 Å². The second-order valence-corrected chi connectivity index (χ2v) is 6.37. The number of fused-ring (bicyclic) bond motifs is 1. The lowest BCUT2D eigenvalue weighted by Crippen LogP contribution is -2.36. The molecule has 0 aliphatic rings. The van der Waals surface area contributed by atoms with Gasteiger partial charge in [0.15, 0.2) is 0 Å². The Morgan fingerprint density at radius 1 is 1.24 bits per heavy atom. The molecule has 108 valence electrons. The van der Waals surface area contributed by atoms with Crippen LogP contribution < -0.4 is 5.32 Å². The van der Waals surface area contributed by atoms with E-state index in [1.54, 1.807) is 6.20 Å². The quantitative estimate of drug-likeness (QED) is 0.787. The molecular weight excluding hydrogens is 328 g/mol. The Morgan fingerprint density at radius 2 is 2.05 bits per heavy atom. The predicted octanol–water partition coefficient (Wildman–Crippen LogP) is 3.52. The van der Waals surface area contributed by atoms with Crippen LogP contribution in [0.4, 0.5) is 0 Å². The second kappa shape index (κ2) is 5.58. The monoisotopic (exact) mass is 344 g/mol. The van der Waals surface area contributed by atoms with Crippen molar-refractivity contribution in [2.24, 2.45) is 0 Å². The third-order valence-corrected chi connectivity index (χ3v) is 4.24. The van der Waals surface area contributed by atoms with Crippen molar-refractivity contribution in [1.82, 2.24) is 19.7 Å². The smallest absolute Gasteiger partial charge is 0.233 e. The van der Waals surface area contributed by atoms with Gasteiger partial charge in [-0.15, -0.1) is 0 Å². The maximum atomic E-state index is 4.51. The summed E-state index contributed by atoms with van der Waals surface area (Å²) in [5, 5.41) is 3.56. The summed E-state index contributed by atoms with van der Waals surface area (Å²) in [6.45, 7) is 5.03. The summed E-state index contributed by atoms with van der Waals surface area (Å²) < 4.78 is 3.04. The number of rotatable bonds is 4. The molecule has 1 aromatic carbocycles. The van der Waals surface area contributed by atoms with Gasteiger partial charge in [-0.1, -0.05) is 34.1 Å². The molecule has 4 nitrogen and oxygen atoms in total. The molecule has 21 heavy (non-hydrogen) atoms. The minimum atomic E-state index is -0.149. The summed E-state index contributed by atoms with van der Waals surface area (Å²) in [6, 6.07) is 10.2. The van der Waals surface area contributed by atoms with Gasteiger partial charge in [0.05, 0.1) is 5.69 Å². The van der Waals surface area contributed by atoms with Gasteiger partial charge in [-0.05, 0) is 31.5 Å². The van der Waals surface area contributed by atoms with Crippen molar-refractivity contribution < 1.29 is 0 Å². The van der Waals surface area contributed by atoms with Gasteiger partial charge in [0, 0.05) is 35.1 Å². The Bertz CT molecular complexity index is 731. The van der Waals surface area contributed by atoms with E-state index in [4.69, 9.17) is 0 Å². The van der Waals surface area contributed by atoms with E-state index < -0.39 is 0 Å². The van der Waals surface area contributed by atoms with Gasteiger partial charge in [-0.2, -0.15) is 0 Å². The Kier molecular flexibility index (Phi) is 3.78. The van der Waals surface area contributed by atoms with E-state index in [9.17, 15) is 0 Å². The van der Waals surface area contributed by atoms with Gasteiger partial charge in [0.2, 0.25) is 5.78 Å². The van der Waals surface area contributed by atoms with Crippen molar-refractivity contribution in [1.29, 1.82) is 0 Å². The first-order valence-electron chi connectivity index (χ1n) is 6.85. The largest absolute Gasteiger partial charge is 0.302 e. The number of benzene rings is 1. The Morgan fingerprint density at radius 3 is 2.81 bits per heavy atom. The third kappa shape index (κ3) is 2.99. The molecule has 1 N–H and O–H groups in total. The van der Waals surface area contributed by atoms with E-state index >= 15 is 0 Å². The van der Waals surface area contributed by atoms with Gasteiger partial charge in [-0.3, -0.25) is 4.40 Å². The highest BCUT2D eigenvalue weighted by Gasteiger charge is 2.22. The highest BCUT2D eigenvalue weighted by Crippen LogP contribution is 2.27. The molecule has 0 spiro atoms. The van der Waals surface area contributed by atoms with E-state index in [-0.39, 0.29) is 5.54 Å². The van der Waals surface area contributed by atoms with Crippen LogP contribution in [0.2, 0.25) is 0 Å². The van der Waals surface area contributed by atoms with Crippen molar-refractivity contribution in [3.05, 3.63) is 64.7 Å². The van der Waals surface area contributed by atoms with Crippen molar-refractivity contribution in [3.63, 3.8) is 0 Å².